The molecule has 0 aliphatic carbocycles. The number of benzene rings is 4. The lowest BCUT2D eigenvalue weighted by molar-refractivity contribution is -0.140. The highest BCUT2D eigenvalue weighted by atomic mass is 35.5. The van der Waals surface area contributed by atoms with Crippen LogP contribution in [0.5, 0.6) is 0 Å². The van der Waals surface area contributed by atoms with Gasteiger partial charge in [-0.25, -0.2) is 12.8 Å². The first-order valence-electron chi connectivity index (χ1n) is 14.6. The summed E-state index contributed by atoms with van der Waals surface area (Å²) < 4.78 is 42.7. The number of nitrogens with zero attached hydrogens (tertiary/aromatic N) is 2. The summed E-state index contributed by atoms with van der Waals surface area (Å²) >= 11 is 6.13. The van der Waals surface area contributed by atoms with Gasteiger partial charge in [-0.05, 0) is 72.5 Å². The fourth-order valence-corrected chi connectivity index (χ4v) is 6.28. The van der Waals surface area contributed by atoms with Gasteiger partial charge in [-0.3, -0.25) is 13.9 Å². The minimum absolute atomic E-state index is 0.0287. The van der Waals surface area contributed by atoms with Gasteiger partial charge in [-0.2, -0.15) is 0 Å². The zero-order valence-corrected chi connectivity index (χ0v) is 27.1. The highest BCUT2D eigenvalue weighted by Crippen LogP contribution is 2.26. The van der Waals surface area contributed by atoms with Gasteiger partial charge in [0.2, 0.25) is 11.8 Å². The predicted octanol–water partition coefficient (Wildman–Crippen LogP) is 6.40. The molecule has 2 amide bonds. The number of nitrogens with one attached hydrogen (secondary N) is 1. The molecule has 0 heterocycles. The maximum atomic E-state index is 14.4. The van der Waals surface area contributed by atoms with E-state index in [1.54, 1.807) is 48.5 Å². The van der Waals surface area contributed by atoms with Gasteiger partial charge in [0.1, 0.15) is 18.4 Å². The lowest BCUT2D eigenvalue weighted by Crippen LogP contribution is -2.53. The first-order valence-corrected chi connectivity index (χ1v) is 16.5. The van der Waals surface area contributed by atoms with E-state index in [0.717, 1.165) is 27.6 Å². The summed E-state index contributed by atoms with van der Waals surface area (Å²) in [6.45, 7) is 5.65. The molecule has 0 spiro atoms. The van der Waals surface area contributed by atoms with Crippen molar-refractivity contribution in [1.29, 1.82) is 0 Å². The summed E-state index contributed by atoms with van der Waals surface area (Å²) in [7, 11) is -4.32. The molecule has 1 atom stereocenters. The SMILES string of the molecule is Cc1ccc(N(CC(=O)N(Cc2ccc(Cl)cc2)C(Cc2ccccc2)C(=O)NCC(C)C)S(=O)(=O)c2ccc(F)cc2)cc1. The van der Waals surface area contributed by atoms with Crippen LogP contribution in [0.4, 0.5) is 10.1 Å². The van der Waals surface area contributed by atoms with E-state index in [4.69, 9.17) is 11.6 Å². The number of halogens is 2. The molecule has 1 N–H and O–H groups in total. The molecule has 236 valence electrons. The molecule has 10 heteroatoms. The van der Waals surface area contributed by atoms with Gasteiger partial charge in [0, 0.05) is 24.5 Å². The van der Waals surface area contributed by atoms with Gasteiger partial charge < -0.3 is 10.2 Å². The number of aryl methyl sites for hydroxylation is 1. The Hall–Kier alpha value is -4.21. The van der Waals surface area contributed by atoms with Crippen LogP contribution in [0.1, 0.15) is 30.5 Å². The summed E-state index contributed by atoms with van der Waals surface area (Å²) in [6, 6.07) is 26.5. The average Bonchev–Trinajstić information content (AvgIpc) is 3.02. The van der Waals surface area contributed by atoms with Crippen LogP contribution < -0.4 is 9.62 Å². The average molecular weight is 650 g/mol. The standard InChI is InChI=1S/C35H37ClFN3O4S/c1-25(2)22-38-35(42)33(21-27-7-5-4-6-8-27)39(23-28-11-13-29(36)14-12-28)34(41)24-40(31-17-9-26(3)10-18-31)45(43,44)32-19-15-30(37)16-20-32/h4-20,25,33H,21-24H2,1-3H3,(H,38,42). The van der Waals surface area contributed by atoms with E-state index in [1.807, 2.05) is 51.1 Å². The van der Waals surface area contributed by atoms with Crippen LogP contribution in [-0.4, -0.2) is 44.3 Å². The monoisotopic (exact) mass is 649 g/mol. The summed E-state index contributed by atoms with van der Waals surface area (Å²) in [5.41, 5.74) is 2.71. The van der Waals surface area contributed by atoms with E-state index in [-0.39, 0.29) is 35.4 Å². The zero-order valence-electron chi connectivity index (χ0n) is 25.5. The van der Waals surface area contributed by atoms with Crippen LogP contribution in [0, 0.1) is 18.7 Å². The van der Waals surface area contributed by atoms with Crippen molar-refractivity contribution in [3.05, 3.63) is 131 Å². The van der Waals surface area contributed by atoms with Crippen LogP contribution in [0.15, 0.2) is 108 Å². The fourth-order valence-electron chi connectivity index (χ4n) is 4.74. The number of hydrogen-bond acceptors (Lipinski definition) is 4. The molecular formula is C35H37ClFN3O4S. The summed E-state index contributed by atoms with van der Waals surface area (Å²) in [6.07, 6.45) is 0.208. The van der Waals surface area contributed by atoms with Crippen molar-refractivity contribution in [3.63, 3.8) is 0 Å². The Bertz CT molecular complexity index is 1680. The predicted molar refractivity (Wildman–Crippen MR) is 176 cm³/mol. The third-order valence-electron chi connectivity index (χ3n) is 7.22. The third kappa shape index (κ3) is 9.15. The molecule has 0 radical (unpaired) electrons. The van der Waals surface area contributed by atoms with E-state index in [0.29, 0.717) is 17.1 Å². The van der Waals surface area contributed by atoms with Crippen LogP contribution in [0.2, 0.25) is 5.02 Å². The van der Waals surface area contributed by atoms with Crippen LogP contribution in [0.25, 0.3) is 0 Å². The quantitative estimate of drug-likeness (QED) is 0.182. The highest BCUT2D eigenvalue weighted by Gasteiger charge is 2.34. The van der Waals surface area contributed by atoms with Crippen molar-refractivity contribution in [3.8, 4) is 0 Å². The number of carbonyl (C=O) groups is 2. The molecule has 0 saturated carbocycles. The van der Waals surface area contributed by atoms with Gasteiger partial charge in [-0.15, -0.1) is 0 Å². The molecular weight excluding hydrogens is 613 g/mol. The number of hydrogen-bond donors (Lipinski definition) is 1. The molecule has 0 saturated heterocycles. The van der Waals surface area contributed by atoms with Crippen LogP contribution in [-0.2, 0) is 32.6 Å². The lowest BCUT2D eigenvalue weighted by atomic mass is 10.0. The van der Waals surface area contributed by atoms with E-state index < -0.39 is 34.3 Å². The maximum Gasteiger partial charge on any atom is 0.264 e. The third-order valence-corrected chi connectivity index (χ3v) is 9.26. The van der Waals surface area contributed by atoms with Crippen molar-refractivity contribution in [2.45, 2.75) is 44.7 Å². The van der Waals surface area contributed by atoms with Crippen molar-refractivity contribution >= 4 is 39.1 Å². The molecule has 4 rings (SSSR count). The molecule has 0 aliphatic rings. The van der Waals surface area contributed by atoms with E-state index in [2.05, 4.69) is 5.32 Å². The minimum atomic E-state index is -4.32. The number of anilines is 1. The Morgan fingerprint density at radius 2 is 1.47 bits per heavy atom. The second kappa shape index (κ2) is 15.2. The molecule has 0 aromatic heterocycles. The molecule has 0 bridgehead atoms. The Labute approximate surface area is 269 Å². The number of carbonyl (C=O) groups excluding carboxylic acids is 2. The number of sulfonamides is 1. The Morgan fingerprint density at radius 1 is 0.844 bits per heavy atom. The van der Waals surface area contributed by atoms with Gasteiger partial charge in [0.25, 0.3) is 10.0 Å². The van der Waals surface area contributed by atoms with Crippen molar-refractivity contribution in [2.24, 2.45) is 5.92 Å². The van der Waals surface area contributed by atoms with Crippen LogP contribution >= 0.6 is 11.6 Å². The summed E-state index contributed by atoms with van der Waals surface area (Å²) in [5.74, 6) is -1.35. The second-order valence-corrected chi connectivity index (χ2v) is 13.6. The molecule has 4 aromatic rings. The van der Waals surface area contributed by atoms with Gasteiger partial charge in [0.15, 0.2) is 0 Å². The topological polar surface area (TPSA) is 86.8 Å². The highest BCUT2D eigenvalue weighted by molar-refractivity contribution is 7.92. The summed E-state index contributed by atoms with van der Waals surface area (Å²) in [4.78, 5) is 29.5. The van der Waals surface area contributed by atoms with Crippen molar-refractivity contribution in [2.75, 3.05) is 17.4 Å². The van der Waals surface area contributed by atoms with Crippen molar-refractivity contribution in [1.82, 2.24) is 10.2 Å². The maximum absolute atomic E-state index is 14.4. The van der Waals surface area contributed by atoms with Gasteiger partial charge >= 0.3 is 0 Å². The Morgan fingerprint density at radius 3 is 2.07 bits per heavy atom. The first-order chi connectivity index (χ1) is 21.4. The number of rotatable bonds is 13. The van der Waals surface area contributed by atoms with E-state index >= 15 is 0 Å². The van der Waals surface area contributed by atoms with E-state index in [1.165, 1.54) is 17.0 Å². The largest absolute Gasteiger partial charge is 0.354 e. The lowest BCUT2D eigenvalue weighted by Gasteiger charge is -2.34. The zero-order chi connectivity index (χ0) is 32.6. The molecule has 7 nitrogen and oxygen atoms in total. The molecule has 1 unspecified atom stereocenters. The van der Waals surface area contributed by atoms with Gasteiger partial charge in [-0.1, -0.05) is 85.6 Å². The van der Waals surface area contributed by atoms with Crippen LogP contribution in [0.3, 0.4) is 0 Å². The first kappa shape index (κ1) is 33.7. The van der Waals surface area contributed by atoms with E-state index in [9.17, 15) is 22.4 Å². The minimum Gasteiger partial charge on any atom is -0.354 e. The number of amides is 2. The normalized spacial score (nSPS) is 12.0. The molecule has 0 aliphatic heterocycles. The molecule has 45 heavy (non-hydrogen) atoms. The van der Waals surface area contributed by atoms with Gasteiger partial charge in [0.05, 0.1) is 10.6 Å². The Kier molecular flexibility index (Phi) is 11.4. The molecule has 4 aromatic carbocycles. The summed E-state index contributed by atoms with van der Waals surface area (Å²) in [5, 5.41) is 3.48. The second-order valence-electron chi connectivity index (χ2n) is 11.3. The fraction of sp³-hybridized carbons (Fsp3) is 0.257. The Balaban J connectivity index is 1.79. The van der Waals surface area contributed by atoms with Crippen molar-refractivity contribution < 1.29 is 22.4 Å². The smallest absolute Gasteiger partial charge is 0.264 e. The molecule has 0 fully saturated rings.